The Balaban J connectivity index is 2.28. The summed E-state index contributed by atoms with van der Waals surface area (Å²) < 4.78 is 6.35. The van der Waals surface area contributed by atoms with E-state index in [2.05, 4.69) is 15.9 Å². The number of carbonyl (C=O) groups excluding carboxylic acids is 2. The maximum atomic E-state index is 12.3. The van der Waals surface area contributed by atoms with Crippen LogP contribution >= 0.6 is 15.9 Å². The fourth-order valence-corrected chi connectivity index (χ4v) is 2.35. The third-order valence-corrected chi connectivity index (χ3v) is 3.54. The summed E-state index contributed by atoms with van der Waals surface area (Å²) in [5, 5.41) is 0. The number of hydrogen-bond donors (Lipinski definition) is 0. The number of nitrogens with zero attached hydrogens (tertiary/aromatic N) is 1. The van der Waals surface area contributed by atoms with Crippen LogP contribution in [0.25, 0.3) is 0 Å². The maximum absolute atomic E-state index is 12.3. The van der Waals surface area contributed by atoms with Crippen LogP contribution < -0.4 is 0 Å². The molecule has 4 nitrogen and oxygen atoms in total. The van der Waals surface area contributed by atoms with Gasteiger partial charge in [-0.1, -0.05) is 28.1 Å². The average Bonchev–Trinajstić information content (AvgIpc) is 2.37. The molecule has 1 aliphatic heterocycles. The van der Waals surface area contributed by atoms with Gasteiger partial charge in [0.15, 0.2) is 5.78 Å². The molecule has 0 aromatic heterocycles. The Labute approximate surface area is 132 Å². The lowest BCUT2D eigenvalue weighted by Gasteiger charge is -2.33. The van der Waals surface area contributed by atoms with Gasteiger partial charge in [0.05, 0.1) is 6.04 Å². The van der Waals surface area contributed by atoms with Gasteiger partial charge in [-0.25, -0.2) is 4.79 Å². The highest BCUT2D eigenvalue weighted by molar-refractivity contribution is 9.10. The molecule has 2 rings (SSSR count). The van der Waals surface area contributed by atoms with E-state index < -0.39 is 11.7 Å². The number of halogens is 1. The summed E-state index contributed by atoms with van der Waals surface area (Å²) in [7, 11) is 0. The molecule has 0 fully saturated rings. The molecule has 0 saturated heterocycles. The molecule has 0 spiro atoms. The molecule has 0 N–H and O–H groups in total. The average molecular weight is 352 g/mol. The number of ether oxygens (including phenoxy) is 1. The molecule has 1 aromatic carbocycles. The zero-order chi connectivity index (χ0) is 15.6. The van der Waals surface area contributed by atoms with Gasteiger partial charge < -0.3 is 4.74 Å². The van der Waals surface area contributed by atoms with E-state index in [-0.39, 0.29) is 18.2 Å². The van der Waals surface area contributed by atoms with Crippen molar-refractivity contribution in [2.75, 3.05) is 0 Å². The number of carbonyl (C=O) groups is 2. The molecule has 1 unspecified atom stereocenters. The zero-order valence-electron chi connectivity index (χ0n) is 12.3. The highest BCUT2D eigenvalue weighted by Crippen LogP contribution is 2.30. The van der Waals surface area contributed by atoms with Crippen molar-refractivity contribution in [2.24, 2.45) is 0 Å². The van der Waals surface area contributed by atoms with E-state index in [4.69, 9.17) is 4.74 Å². The maximum Gasteiger partial charge on any atom is 0.414 e. The van der Waals surface area contributed by atoms with Gasteiger partial charge >= 0.3 is 6.09 Å². The van der Waals surface area contributed by atoms with Crippen molar-refractivity contribution < 1.29 is 14.3 Å². The van der Waals surface area contributed by atoms with E-state index >= 15 is 0 Å². The van der Waals surface area contributed by atoms with Crippen LogP contribution in [0.15, 0.2) is 41.0 Å². The highest BCUT2D eigenvalue weighted by Gasteiger charge is 2.31. The summed E-state index contributed by atoms with van der Waals surface area (Å²) in [5.41, 5.74) is 0.332. The Morgan fingerprint density at radius 1 is 1.29 bits per heavy atom. The van der Waals surface area contributed by atoms with Gasteiger partial charge in [0.2, 0.25) is 0 Å². The van der Waals surface area contributed by atoms with Crippen LogP contribution in [0.4, 0.5) is 4.79 Å². The zero-order valence-corrected chi connectivity index (χ0v) is 13.9. The highest BCUT2D eigenvalue weighted by atomic mass is 79.9. The van der Waals surface area contributed by atoms with E-state index in [1.54, 1.807) is 0 Å². The van der Waals surface area contributed by atoms with E-state index in [0.29, 0.717) is 0 Å². The summed E-state index contributed by atoms with van der Waals surface area (Å²) in [6.07, 6.45) is 2.74. The lowest BCUT2D eigenvalue weighted by Crippen LogP contribution is -2.38. The monoisotopic (exact) mass is 351 g/mol. The van der Waals surface area contributed by atoms with Gasteiger partial charge in [-0.15, -0.1) is 0 Å². The van der Waals surface area contributed by atoms with E-state index in [1.807, 2.05) is 45.0 Å². The second-order valence-electron chi connectivity index (χ2n) is 5.94. The number of ketones is 1. The molecule has 1 aliphatic rings. The van der Waals surface area contributed by atoms with Crippen molar-refractivity contribution in [2.45, 2.75) is 38.8 Å². The summed E-state index contributed by atoms with van der Waals surface area (Å²) in [4.78, 5) is 25.5. The van der Waals surface area contributed by atoms with Crippen molar-refractivity contribution >= 4 is 27.8 Å². The van der Waals surface area contributed by atoms with Crippen LogP contribution in [0.1, 0.15) is 38.8 Å². The fourth-order valence-electron chi connectivity index (χ4n) is 2.09. The van der Waals surface area contributed by atoms with Crippen LogP contribution in [-0.4, -0.2) is 22.4 Å². The first-order valence-electron chi connectivity index (χ1n) is 6.74. The van der Waals surface area contributed by atoms with Crippen molar-refractivity contribution in [3.63, 3.8) is 0 Å². The summed E-state index contributed by atoms with van der Waals surface area (Å²) in [6.45, 7) is 5.45. The van der Waals surface area contributed by atoms with Gasteiger partial charge in [0, 0.05) is 17.1 Å². The first-order chi connectivity index (χ1) is 9.76. The number of benzene rings is 1. The second kappa shape index (κ2) is 6.02. The van der Waals surface area contributed by atoms with Gasteiger partial charge in [0.1, 0.15) is 5.60 Å². The SMILES string of the molecule is CC(C)(C)OC(=O)N1C=CC(=O)CC1c1ccc(Br)cc1. The number of allylic oxidation sites excluding steroid dienone is 1. The minimum atomic E-state index is -0.573. The largest absolute Gasteiger partial charge is 0.443 e. The molecule has 1 amide bonds. The van der Waals surface area contributed by atoms with Crippen molar-refractivity contribution in [1.29, 1.82) is 0 Å². The van der Waals surface area contributed by atoms with Gasteiger partial charge in [-0.2, -0.15) is 0 Å². The van der Waals surface area contributed by atoms with Gasteiger partial charge in [-0.3, -0.25) is 9.69 Å². The molecule has 0 radical (unpaired) electrons. The van der Waals surface area contributed by atoms with Crippen molar-refractivity contribution in [3.8, 4) is 0 Å². The molecule has 5 heteroatoms. The minimum Gasteiger partial charge on any atom is -0.443 e. The summed E-state index contributed by atoms with van der Waals surface area (Å²) in [5.74, 6) is 0.00253. The lowest BCUT2D eigenvalue weighted by molar-refractivity contribution is -0.116. The van der Waals surface area contributed by atoms with Crippen molar-refractivity contribution in [1.82, 2.24) is 4.90 Å². The first kappa shape index (κ1) is 15.8. The molecule has 1 atom stereocenters. The topological polar surface area (TPSA) is 46.6 Å². The summed E-state index contributed by atoms with van der Waals surface area (Å²) >= 11 is 3.38. The van der Waals surface area contributed by atoms with Crippen LogP contribution in [0.3, 0.4) is 0 Å². The molecule has 0 bridgehead atoms. The minimum absolute atomic E-state index is 0.00253. The van der Waals surface area contributed by atoms with Crippen LogP contribution in [0.5, 0.6) is 0 Å². The molecule has 0 saturated carbocycles. The normalized spacial score (nSPS) is 18.8. The van der Waals surface area contributed by atoms with Crippen LogP contribution in [0, 0.1) is 0 Å². The van der Waals surface area contributed by atoms with E-state index in [1.165, 1.54) is 17.2 Å². The third-order valence-electron chi connectivity index (χ3n) is 3.01. The standard InChI is InChI=1S/C16H18BrNO3/c1-16(2,3)21-15(20)18-9-8-13(19)10-14(18)11-4-6-12(17)7-5-11/h4-9,14H,10H2,1-3H3. The van der Waals surface area contributed by atoms with Crippen LogP contribution in [0.2, 0.25) is 0 Å². The van der Waals surface area contributed by atoms with E-state index in [9.17, 15) is 9.59 Å². The lowest BCUT2D eigenvalue weighted by atomic mass is 9.98. The van der Waals surface area contributed by atoms with Gasteiger partial charge in [0.25, 0.3) is 0 Å². The van der Waals surface area contributed by atoms with Crippen LogP contribution in [-0.2, 0) is 9.53 Å². The Bertz CT molecular complexity index is 572. The van der Waals surface area contributed by atoms with Crippen molar-refractivity contribution in [3.05, 3.63) is 46.6 Å². The Morgan fingerprint density at radius 2 is 1.90 bits per heavy atom. The Hall–Kier alpha value is -1.62. The molecule has 21 heavy (non-hydrogen) atoms. The number of amides is 1. The summed E-state index contributed by atoms with van der Waals surface area (Å²) in [6, 6.07) is 7.26. The quantitative estimate of drug-likeness (QED) is 0.761. The fraction of sp³-hybridized carbons (Fsp3) is 0.375. The number of hydrogen-bond acceptors (Lipinski definition) is 3. The molecule has 0 aliphatic carbocycles. The Kier molecular flexibility index (Phi) is 4.52. The molecule has 112 valence electrons. The smallest absolute Gasteiger partial charge is 0.414 e. The molecule has 1 aromatic rings. The Morgan fingerprint density at radius 3 is 2.48 bits per heavy atom. The predicted molar refractivity (Wildman–Crippen MR) is 83.7 cm³/mol. The predicted octanol–water partition coefficient (Wildman–Crippen LogP) is 4.21. The molecule has 1 heterocycles. The first-order valence-corrected chi connectivity index (χ1v) is 7.53. The third kappa shape index (κ3) is 4.17. The second-order valence-corrected chi connectivity index (χ2v) is 6.86. The molecular weight excluding hydrogens is 334 g/mol. The number of rotatable bonds is 1. The van der Waals surface area contributed by atoms with E-state index in [0.717, 1.165) is 10.0 Å². The van der Waals surface area contributed by atoms with Gasteiger partial charge in [-0.05, 0) is 44.5 Å². The molecular formula is C16H18BrNO3.